The van der Waals surface area contributed by atoms with E-state index in [2.05, 4.69) is 15.6 Å². The molecule has 24 heavy (non-hydrogen) atoms. The van der Waals surface area contributed by atoms with Gasteiger partial charge in [-0.1, -0.05) is 40.5 Å². The van der Waals surface area contributed by atoms with Crippen LogP contribution in [0.1, 0.15) is 33.4 Å². The van der Waals surface area contributed by atoms with Crippen molar-refractivity contribution in [1.82, 2.24) is 20.3 Å². The average molecular weight is 365 g/mol. The number of carbonyl (C=O) groups is 1. The summed E-state index contributed by atoms with van der Waals surface area (Å²) in [6, 6.07) is 8.33. The zero-order valence-corrected chi connectivity index (χ0v) is 14.5. The van der Waals surface area contributed by atoms with E-state index in [1.54, 1.807) is 32.2 Å². The molecule has 1 amide bonds. The number of carbonyl (C=O) groups excluding carboxylic acids is 1. The van der Waals surface area contributed by atoms with Gasteiger partial charge < -0.3 is 9.84 Å². The summed E-state index contributed by atoms with van der Waals surface area (Å²) in [7, 11) is 1.68. The molecule has 1 N–H and O–H groups in total. The van der Waals surface area contributed by atoms with Gasteiger partial charge in [0.15, 0.2) is 0 Å². The van der Waals surface area contributed by atoms with Gasteiger partial charge in [-0.3, -0.25) is 9.48 Å². The first-order chi connectivity index (χ1) is 11.5. The smallest absolute Gasteiger partial charge is 0.257 e. The minimum Gasteiger partial charge on any atom is -0.364 e. The van der Waals surface area contributed by atoms with Gasteiger partial charge in [0.25, 0.3) is 5.91 Å². The van der Waals surface area contributed by atoms with Gasteiger partial charge in [0.1, 0.15) is 23.2 Å². The fourth-order valence-electron chi connectivity index (χ4n) is 2.45. The van der Waals surface area contributed by atoms with Gasteiger partial charge in [0.05, 0.1) is 11.3 Å². The van der Waals surface area contributed by atoms with E-state index in [1.165, 1.54) is 10.9 Å². The third-order valence-corrected chi connectivity index (χ3v) is 4.30. The van der Waals surface area contributed by atoms with Crippen molar-refractivity contribution in [2.24, 2.45) is 7.05 Å². The van der Waals surface area contributed by atoms with E-state index in [0.717, 1.165) is 5.56 Å². The Labute approximate surface area is 148 Å². The van der Waals surface area contributed by atoms with Crippen LogP contribution in [0.5, 0.6) is 0 Å². The van der Waals surface area contributed by atoms with E-state index in [1.807, 2.05) is 12.1 Å². The highest BCUT2D eigenvalue weighted by molar-refractivity contribution is 6.33. The van der Waals surface area contributed by atoms with Crippen LogP contribution in [-0.2, 0) is 7.05 Å². The first kappa shape index (κ1) is 16.5. The predicted octanol–water partition coefficient (Wildman–Crippen LogP) is 3.54. The largest absolute Gasteiger partial charge is 0.364 e. The van der Waals surface area contributed by atoms with Gasteiger partial charge in [0.2, 0.25) is 0 Å². The summed E-state index contributed by atoms with van der Waals surface area (Å²) >= 11 is 12.1. The van der Waals surface area contributed by atoms with Crippen LogP contribution < -0.4 is 5.32 Å². The standard InChI is InChI=1S/C16H14Cl2N4O2/c1-9-13(15(18)22(2)20-9)16(23)19-14(12-7-8-24-21-12)10-3-5-11(17)6-4-10/h3-8,14H,1-2H3,(H,19,23). The fraction of sp³-hybridized carbons (Fsp3) is 0.188. The molecule has 0 saturated heterocycles. The number of rotatable bonds is 4. The molecular formula is C16H14Cl2N4O2. The average Bonchev–Trinajstić information content (AvgIpc) is 3.15. The molecule has 3 rings (SSSR count). The lowest BCUT2D eigenvalue weighted by molar-refractivity contribution is 0.0941. The first-order valence-corrected chi connectivity index (χ1v) is 7.88. The van der Waals surface area contributed by atoms with E-state index < -0.39 is 6.04 Å². The van der Waals surface area contributed by atoms with Crippen molar-refractivity contribution in [3.63, 3.8) is 0 Å². The number of hydrogen-bond acceptors (Lipinski definition) is 4. The third-order valence-electron chi connectivity index (χ3n) is 3.61. The highest BCUT2D eigenvalue weighted by Crippen LogP contribution is 2.25. The second-order valence-electron chi connectivity index (χ2n) is 5.26. The first-order valence-electron chi connectivity index (χ1n) is 7.13. The Bertz CT molecular complexity index is 857. The molecule has 0 aliphatic heterocycles. The monoisotopic (exact) mass is 364 g/mol. The summed E-state index contributed by atoms with van der Waals surface area (Å²) in [5.41, 5.74) is 2.28. The van der Waals surface area contributed by atoms with Crippen molar-refractivity contribution in [3.05, 3.63) is 69.3 Å². The number of amides is 1. The number of aromatic nitrogens is 3. The normalized spacial score (nSPS) is 12.2. The van der Waals surface area contributed by atoms with Gasteiger partial charge in [-0.15, -0.1) is 0 Å². The highest BCUT2D eigenvalue weighted by atomic mass is 35.5. The lowest BCUT2D eigenvalue weighted by Gasteiger charge is -2.17. The third kappa shape index (κ3) is 3.16. The molecule has 0 bridgehead atoms. The summed E-state index contributed by atoms with van der Waals surface area (Å²) in [5.74, 6) is -0.339. The van der Waals surface area contributed by atoms with Crippen molar-refractivity contribution < 1.29 is 9.32 Å². The SMILES string of the molecule is Cc1nn(C)c(Cl)c1C(=O)NC(c1ccc(Cl)cc1)c1ccon1. The molecule has 0 spiro atoms. The summed E-state index contributed by atoms with van der Waals surface area (Å²) in [6.07, 6.45) is 1.45. The molecule has 2 aromatic heterocycles. The van der Waals surface area contributed by atoms with E-state index in [4.69, 9.17) is 27.7 Å². The van der Waals surface area contributed by atoms with Crippen LogP contribution >= 0.6 is 23.2 Å². The maximum atomic E-state index is 12.7. The topological polar surface area (TPSA) is 73.0 Å². The van der Waals surface area contributed by atoms with Crippen LogP contribution in [0.3, 0.4) is 0 Å². The second-order valence-corrected chi connectivity index (χ2v) is 6.05. The van der Waals surface area contributed by atoms with E-state index in [-0.39, 0.29) is 11.1 Å². The quantitative estimate of drug-likeness (QED) is 0.768. The predicted molar refractivity (Wildman–Crippen MR) is 90.2 cm³/mol. The zero-order chi connectivity index (χ0) is 17.3. The Balaban J connectivity index is 1.95. The van der Waals surface area contributed by atoms with Crippen molar-refractivity contribution in [1.29, 1.82) is 0 Å². The van der Waals surface area contributed by atoms with Gasteiger partial charge in [-0.2, -0.15) is 5.10 Å². The number of nitrogens with one attached hydrogen (secondary N) is 1. The van der Waals surface area contributed by atoms with E-state index in [9.17, 15) is 4.79 Å². The summed E-state index contributed by atoms with van der Waals surface area (Å²) < 4.78 is 6.37. The maximum Gasteiger partial charge on any atom is 0.257 e. The van der Waals surface area contributed by atoms with Gasteiger partial charge in [-0.05, 0) is 24.6 Å². The molecule has 1 atom stereocenters. The maximum absolute atomic E-state index is 12.7. The second kappa shape index (κ2) is 6.67. The summed E-state index contributed by atoms with van der Waals surface area (Å²) in [6.45, 7) is 1.73. The van der Waals surface area contributed by atoms with Crippen molar-refractivity contribution in [3.8, 4) is 0 Å². The molecule has 3 aromatic rings. The Kier molecular flexibility index (Phi) is 4.59. The summed E-state index contributed by atoms with van der Waals surface area (Å²) in [4.78, 5) is 12.7. The molecule has 0 radical (unpaired) electrons. The van der Waals surface area contributed by atoms with Crippen LogP contribution in [-0.4, -0.2) is 20.8 Å². The molecule has 0 aliphatic rings. The molecule has 1 unspecified atom stereocenters. The summed E-state index contributed by atoms with van der Waals surface area (Å²) in [5, 5.41) is 11.9. The van der Waals surface area contributed by atoms with Gasteiger partial charge in [0, 0.05) is 18.1 Å². The van der Waals surface area contributed by atoms with E-state index >= 15 is 0 Å². The van der Waals surface area contributed by atoms with Gasteiger partial charge in [-0.25, -0.2) is 0 Å². The molecule has 8 heteroatoms. The van der Waals surface area contributed by atoms with Gasteiger partial charge >= 0.3 is 0 Å². The van der Waals surface area contributed by atoms with Crippen LogP contribution in [0, 0.1) is 6.92 Å². The number of aryl methyl sites for hydroxylation is 2. The minimum atomic E-state index is -0.496. The fourth-order valence-corrected chi connectivity index (χ4v) is 2.83. The molecular weight excluding hydrogens is 351 g/mol. The van der Waals surface area contributed by atoms with Crippen LogP contribution in [0.2, 0.25) is 10.2 Å². The van der Waals surface area contributed by atoms with Crippen molar-refractivity contribution in [2.75, 3.05) is 0 Å². The number of benzene rings is 1. The van der Waals surface area contributed by atoms with Crippen molar-refractivity contribution in [2.45, 2.75) is 13.0 Å². The molecule has 6 nitrogen and oxygen atoms in total. The lowest BCUT2D eigenvalue weighted by Crippen LogP contribution is -2.30. The Hall–Kier alpha value is -2.31. The number of nitrogens with zero attached hydrogens (tertiary/aromatic N) is 3. The molecule has 2 heterocycles. The van der Waals surface area contributed by atoms with Crippen molar-refractivity contribution >= 4 is 29.1 Å². The molecule has 0 aliphatic carbocycles. The molecule has 124 valence electrons. The van der Waals surface area contributed by atoms with E-state index in [0.29, 0.717) is 22.0 Å². The van der Waals surface area contributed by atoms with Crippen LogP contribution in [0.4, 0.5) is 0 Å². The number of halogens is 2. The Morgan fingerprint density at radius 3 is 2.50 bits per heavy atom. The van der Waals surface area contributed by atoms with Crippen LogP contribution in [0.15, 0.2) is 41.1 Å². The number of hydrogen-bond donors (Lipinski definition) is 1. The van der Waals surface area contributed by atoms with Crippen LogP contribution in [0.25, 0.3) is 0 Å². The Morgan fingerprint density at radius 2 is 1.96 bits per heavy atom. The lowest BCUT2D eigenvalue weighted by atomic mass is 10.0. The minimum absolute atomic E-state index is 0.278. The highest BCUT2D eigenvalue weighted by Gasteiger charge is 2.24. The zero-order valence-electron chi connectivity index (χ0n) is 13.0. The molecule has 1 aromatic carbocycles. The Morgan fingerprint density at radius 1 is 1.25 bits per heavy atom. The molecule has 0 saturated carbocycles. The molecule has 0 fully saturated rings.